The van der Waals surface area contributed by atoms with Crippen LogP contribution in [0.2, 0.25) is 10.0 Å². The van der Waals surface area contributed by atoms with Crippen LogP contribution in [0, 0.1) is 17.1 Å². The number of carbonyl (C=O) groups is 1. The third kappa shape index (κ3) is 3.85. The Kier molecular flexibility index (Phi) is 5.16. The SMILES string of the molecule is N#C/C(=C\c1c(F)cccc1Cl)C(=O)Nc1ccc(Cl)cc1. The Morgan fingerprint density at radius 1 is 1.18 bits per heavy atom. The summed E-state index contributed by atoms with van der Waals surface area (Å²) in [5.41, 5.74) is 0.198. The van der Waals surface area contributed by atoms with Gasteiger partial charge >= 0.3 is 0 Å². The van der Waals surface area contributed by atoms with Crippen molar-refractivity contribution in [1.82, 2.24) is 0 Å². The van der Waals surface area contributed by atoms with Gasteiger partial charge in [0.1, 0.15) is 17.5 Å². The number of amides is 1. The zero-order chi connectivity index (χ0) is 16.1. The number of nitriles is 1. The van der Waals surface area contributed by atoms with Gasteiger partial charge in [-0.05, 0) is 42.5 Å². The molecule has 2 aromatic carbocycles. The van der Waals surface area contributed by atoms with E-state index in [1.807, 2.05) is 0 Å². The fraction of sp³-hybridized carbons (Fsp3) is 0. The highest BCUT2D eigenvalue weighted by Gasteiger charge is 2.12. The van der Waals surface area contributed by atoms with E-state index >= 15 is 0 Å². The second kappa shape index (κ2) is 7.08. The molecular weight excluding hydrogens is 326 g/mol. The summed E-state index contributed by atoms with van der Waals surface area (Å²) < 4.78 is 13.7. The second-order valence-corrected chi connectivity index (χ2v) is 5.11. The lowest BCUT2D eigenvalue weighted by molar-refractivity contribution is -0.112. The van der Waals surface area contributed by atoms with Gasteiger partial charge in [0, 0.05) is 16.3 Å². The van der Waals surface area contributed by atoms with Gasteiger partial charge in [0.05, 0.1) is 5.02 Å². The number of rotatable bonds is 3. The Labute approximate surface area is 136 Å². The first-order chi connectivity index (χ1) is 10.5. The van der Waals surface area contributed by atoms with E-state index in [1.165, 1.54) is 18.2 Å². The van der Waals surface area contributed by atoms with Gasteiger partial charge in [0.25, 0.3) is 5.91 Å². The number of halogens is 3. The fourth-order valence-corrected chi connectivity index (χ4v) is 2.02. The van der Waals surface area contributed by atoms with Crippen LogP contribution in [0.1, 0.15) is 5.56 Å². The van der Waals surface area contributed by atoms with Gasteiger partial charge < -0.3 is 5.32 Å². The van der Waals surface area contributed by atoms with E-state index in [1.54, 1.807) is 30.3 Å². The van der Waals surface area contributed by atoms with Gasteiger partial charge in [0.2, 0.25) is 0 Å². The van der Waals surface area contributed by atoms with Crippen LogP contribution in [0.3, 0.4) is 0 Å². The van der Waals surface area contributed by atoms with Crippen LogP contribution in [0.15, 0.2) is 48.0 Å². The minimum atomic E-state index is -0.663. The third-order valence-corrected chi connectivity index (χ3v) is 3.34. The van der Waals surface area contributed by atoms with Crippen molar-refractivity contribution in [3.05, 3.63) is 69.5 Å². The molecule has 0 spiro atoms. The van der Waals surface area contributed by atoms with Gasteiger partial charge in [-0.1, -0.05) is 29.3 Å². The quantitative estimate of drug-likeness (QED) is 0.654. The number of nitrogens with one attached hydrogen (secondary N) is 1. The topological polar surface area (TPSA) is 52.9 Å². The number of anilines is 1. The summed E-state index contributed by atoms with van der Waals surface area (Å²) in [5, 5.41) is 12.3. The summed E-state index contributed by atoms with van der Waals surface area (Å²) in [7, 11) is 0. The van der Waals surface area contributed by atoms with Crippen LogP contribution in [0.25, 0.3) is 6.08 Å². The molecule has 0 aliphatic carbocycles. The zero-order valence-corrected chi connectivity index (χ0v) is 12.6. The highest BCUT2D eigenvalue weighted by atomic mass is 35.5. The van der Waals surface area contributed by atoms with E-state index in [4.69, 9.17) is 28.5 Å². The molecule has 0 atom stereocenters. The molecule has 0 aliphatic rings. The van der Waals surface area contributed by atoms with Crippen LogP contribution in [-0.4, -0.2) is 5.91 Å². The van der Waals surface area contributed by atoms with Crippen LogP contribution < -0.4 is 5.32 Å². The van der Waals surface area contributed by atoms with E-state index in [-0.39, 0.29) is 16.2 Å². The molecular formula is C16H9Cl2FN2O. The normalized spacial score (nSPS) is 10.9. The predicted molar refractivity (Wildman–Crippen MR) is 85.1 cm³/mol. The van der Waals surface area contributed by atoms with Crippen LogP contribution in [0.5, 0.6) is 0 Å². The lowest BCUT2D eigenvalue weighted by Gasteiger charge is -2.05. The van der Waals surface area contributed by atoms with Gasteiger partial charge in [-0.3, -0.25) is 4.79 Å². The van der Waals surface area contributed by atoms with Crippen LogP contribution in [-0.2, 0) is 4.79 Å². The fourth-order valence-electron chi connectivity index (χ4n) is 1.67. The molecule has 0 bridgehead atoms. The number of carbonyl (C=O) groups excluding carboxylic acids is 1. The Morgan fingerprint density at radius 3 is 2.45 bits per heavy atom. The average Bonchev–Trinajstić information content (AvgIpc) is 2.49. The maximum atomic E-state index is 13.7. The first-order valence-corrected chi connectivity index (χ1v) is 6.89. The van der Waals surface area contributed by atoms with Crippen molar-refractivity contribution in [2.75, 3.05) is 5.32 Å². The molecule has 0 unspecified atom stereocenters. The molecule has 1 N–H and O–H groups in total. The summed E-state index contributed by atoms with van der Waals surface area (Å²) in [6.45, 7) is 0. The number of nitrogens with zero attached hydrogens (tertiary/aromatic N) is 1. The first kappa shape index (κ1) is 16.0. The number of benzene rings is 2. The molecule has 0 heterocycles. The average molecular weight is 335 g/mol. The van der Waals surface area contributed by atoms with E-state index < -0.39 is 11.7 Å². The molecule has 2 rings (SSSR count). The third-order valence-electron chi connectivity index (χ3n) is 2.76. The lowest BCUT2D eigenvalue weighted by atomic mass is 10.1. The number of hydrogen-bond acceptors (Lipinski definition) is 2. The van der Waals surface area contributed by atoms with E-state index in [9.17, 15) is 9.18 Å². The van der Waals surface area contributed by atoms with E-state index in [0.29, 0.717) is 10.7 Å². The van der Waals surface area contributed by atoms with Crippen molar-refractivity contribution >= 4 is 40.9 Å². The largest absolute Gasteiger partial charge is 0.321 e. The molecule has 0 saturated heterocycles. The smallest absolute Gasteiger partial charge is 0.266 e. The molecule has 6 heteroatoms. The van der Waals surface area contributed by atoms with Crippen molar-refractivity contribution < 1.29 is 9.18 Å². The first-order valence-electron chi connectivity index (χ1n) is 6.14. The van der Waals surface area contributed by atoms with Gasteiger partial charge in [-0.15, -0.1) is 0 Å². The van der Waals surface area contributed by atoms with Crippen molar-refractivity contribution in [1.29, 1.82) is 5.26 Å². The molecule has 1 amide bonds. The lowest BCUT2D eigenvalue weighted by Crippen LogP contribution is -2.13. The summed E-state index contributed by atoms with van der Waals surface area (Å²) >= 11 is 11.6. The summed E-state index contributed by atoms with van der Waals surface area (Å²) in [6.07, 6.45) is 1.11. The molecule has 22 heavy (non-hydrogen) atoms. The molecule has 2 aromatic rings. The summed E-state index contributed by atoms with van der Waals surface area (Å²) in [5.74, 6) is -1.27. The molecule has 0 fully saturated rings. The van der Waals surface area contributed by atoms with Gasteiger partial charge in [0.15, 0.2) is 0 Å². The number of hydrogen-bond donors (Lipinski definition) is 1. The predicted octanol–water partition coefficient (Wildman–Crippen LogP) is 4.68. The Hall–Kier alpha value is -2.35. The minimum absolute atomic E-state index is 0.00743. The molecule has 0 saturated carbocycles. The van der Waals surface area contributed by atoms with Crippen molar-refractivity contribution in [3.63, 3.8) is 0 Å². The molecule has 0 aliphatic heterocycles. The van der Waals surface area contributed by atoms with Crippen LogP contribution in [0.4, 0.5) is 10.1 Å². The van der Waals surface area contributed by atoms with Crippen molar-refractivity contribution in [2.24, 2.45) is 0 Å². The standard InChI is InChI=1S/C16H9Cl2FN2O/c17-11-4-6-12(7-5-11)21-16(22)10(9-20)8-13-14(18)2-1-3-15(13)19/h1-8H,(H,21,22)/b10-8+. The van der Waals surface area contributed by atoms with E-state index in [0.717, 1.165) is 6.08 Å². The summed E-state index contributed by atoms with van der Waals surface area (Å²) in [6, 6.07) is 12.2. The highest BCUT2D eigenvalue weighted by Crippen LogP contribution is 2.22. The Bertz CT molecular complexity index is 759. The second-order valence-electron chi connectivity index (χ2n) is 4.27. The summed E-state index contributed by atoms with van der Waals surface area (Å²) in [4.78, 5) is 12.1. The Morgan fingerprint density at radius 2 is 1.86 bits per heavy atom. The minimum Gasteiger partial charge on any atom is -0.321 e. The van der Waals surface area contributed by atoms with Gasteiger partial charge in [-0.25, -0.2) is 4.39 Å². The maximum Gasteiger partial charge on any atom is 0.266 e. The van der Waals surface area contributed by atoms with Crippen molar-refractivity contribution in [2.45, 2.75) is 0 Å². The van der Waals surface area contributed by atoms with Crippen LogP contribution >= 0.6 is 23.2 Å². The molecule has 110 valence electrons. The Balaban J connectivity index is 2.28. The van der Waals surface area contributed by atoms with Gasteiger partial charge in [-0.2, -0.15) is 5.26 Å². The monoisotopic (exact) mass is 334 g/mol. The van der Waals surface area contributed by atoms with E-state index in [2.05, 4.69) is 5.32 Å². The maximum absolute atomic E-state index is 13.7. The molecule has 3 nitrogen and oxygen atoms in total. The van der Waals surface area contributed by atoms with Crippen molar-refractivity contribution in [3.8, 4) is 6.07 Å². The molecule has 0 aromatic heterocycles. The molecule has 0 radical (unpaired) electrons. The highest BCUT2D eigenvalue weighted by molar-refractivity contribution is 6.32. The zero-order valence-electron chi connectivity index (χ0n) is 11.1.